The van der Waals surface area contributed by atoms with Crippen LogP contribution >= 0.6 is 0 Å². The van der Waals surface area contributed by atoms with Gasteiger partial charge in [-0.2, -0.15) is 0 Å². The number of hydrogen-bond donors (Lipinski definition) is 1. The van der Waals surface area contributed by atoms with Gasteiger partial charge in [0.1, 0.15) is 5.82 Å². The molecule has 1 aromatic heterocycles. The van der Waals surface area contributed by atoms with Gasteiger partial charge in [-0.15, -0.1) is 0 Å². The van der Waals surface area contributed by atoms with E-state index < -0.39 is 0 Å². The van der Waals surface area contributed by atoms with E-state index in [1.165, 1.54) is 16.9 Å². The van der Waals surface area contributed by atoms with E-state index in [4.69, 9.17) is 4.98 Å². The Morgan fingerprint density at radius 1 is 1.25 bits per heavy atom. The Morgan fingerprint density at radius 3 is 2.71 bits per heavy atom. The Balaban J connectivity index is 2.13. The van der Waals surface area contributed by atoms with Crippen LogP contribution in [0, 0.1) is 5.41 Å². The lowest BCUT2D eigenvalue weighted by molar-refractivity contribution is 0.140. The van der Waals surface area contributed by atoms with E-state index in [0.29, 0.717) is 0 Å². The van der Waals surface area contributed by atoms with Crippen LogP contribution in [0.15, 0.2) is 24.3 Å². The molecule has 130 valence electrons. The SMILES string of the molecule is CCCCc1nc2c(n1CC(C)(C)CO)-c1ccccc1N(C)C2. The quantitative estimate of drug-likeness (QED) is 0.876. The Kier molecular flexibility index (Phi) is 4.68. The number of para-hydroxylation sites is 1. The molecule has 4 heteroatoms. The van der Waals surface area contributed by atoms with E-state index in [9.17, 15) is 5.11 Å². The summed E-state index contributed by atoms with van der Waals surface area (Å²) in [5, 5.41) is 9.76. The van der Waals surface area contributed by atoms with Crippen LogP contribution in [0.4, 0.5) is 5.69 Å². The largest absolute Gasteiger partial charge is 0.396 e. The molecule has 0 bridgehead atoms. The minimum Gasteiger partial charge on any atom is -0.396 e. The van der Waals surface area contributed by atoms with Crippen LogP contribution in [0.1, 0.15) is 45.1 Å². The van der Waals surface area contributed by atoms with Crippen molar-refractivity contribution in [3.63, 3.8) is 0 Å². The van der Waals surface area contributed by atoms with Crippen LogP contribution in [0.2, 0.25) is 0 Å². The Morgan fingerprint density at radius 2 is 2.00 bits per heavy atom. The highest BCUT2D eigenvalue weighted by Gasteiger charge is 2.29. The molecule has 0 amide bonds. The van der Waals surface area contributed by atoms with Gasteiger partial charge < -0.3 is 14.6 Å². The number of aliphatic hydroxyl groups is 1. The van der Waals surface area contributed by atoms with Crippen molar-refractivity contribution in [3.8, 4) is 11.3 Å². The summed E-state index contributed by atoms with van der Waals surface area (Å²) in [6.07, 6.45) is 3.31. The summed E-state index contributed by atoms with van der Waals surface area (Å²) < 4.78 is 2.37. The monoisotopic (exact) mass is 327 g/mol. The molecule has 0 spiro atoms. The summed E-state index contributed by atoms with van der Waals surface area (Å²) in [7, 11) is 2.13. The number of aromatic nitrogens is 2. The summed E-state index contributed by atoms with van der Waals surface area (Å²) in [6, 6.07) is 8.56. The molecule has 0 saturated heterocycles. The standard InChI is InChI=1S/C20H29N3O/c1-5-6-11-18-21-16-12-22(4)17-10-8-7-9-15(17)19(16)23(18)13-20(2,3)14-24/h7-10,24H,5-6,11-14H2,1-4H3. The van der Waals surface area contributed by atoms with Crippen LogP contribution in [-0.2, 0) is 19.5 Å². The lowest BCUT2D eigenvalue weighted by atomic mass is 9.94. The van der Waals surface area contributed by atoms with Gasteiger partial charge in [0.05, 0.1) is 17.9 Å². The van der Waals surface area contributed by atoms with Crippen molar-refractivity contribution in [2.24, 2.45) is 5.41 Å². The summed E-state index contributed by atoms with van der Waals surface area (Å²) in [6.45, 7) is 8.26. The molecule has 0 aliphatic carbocycles. The predicted molar refractivity (Wildman–Crippen MR) is 99.2 cm³/mol. The number of fused-ring (bicyclic) bond motifs is 3. The maximum absolute atomic E-state index is 9.76. The fraction of sp³-hybridized carbons (Fsp3) is 0.550. The highest BCUT2D eigenvalue weighted by molar-refractivity contribution is 5.81. The van der Waals surface area contributed by atoms with Gasteiger partial charge in [0.25, 0.3) is 0 Å². The van der Waals surface area contributed by atoms with Crippen molar-refractivity contribution >= 4 is 5.69 Å². The first kappa shape index (κ1) is 17.0. The van der Waals surface area contributed by atoms with E-state index in [1.807, 2.05) is 0 Å². The van der Waals surface area contributed by atoms with Gasteiger partial charge in [0.15, 0.2) is 0 Å². The number of benzene rings is 1. The highest BCUT2D eigenvalue weighted by Crippen LogP contribution is 2.39. The van der Waals surface area contributed by atoms with Crippen molar-refractivity contribution in [1.82, 2.24) is 9.55 Å². The lowest BCUT2D eigenvalue weighted by Crippen LogP contribution is -2.27. The maximum atomic E-state index is 9.76. The van der Waals surface area contributed by atoms with Gasteiger partial charge in [-0.25, -0.2) is 4.98 Å². The molecule has 1 aliphatic rings. The molecule has 2 heterocycles. The second kappa shape index (κ2) is 6.60. The number of hydrogen-bond acceptors (Lipinski definition) is 3. The zero-order valence-electron chi connectivity index (χ0n) is 15.3. The molecule has 0 fully saturated rings. The van der Waals surface area contributed by atoms with Crippen molar-refractivity contribution in [2.45, 2.75) is 53.1 Å². The van der Waals surface area contributed by atoms with E-state index in [2.05, 4.69) is 61.6 Å². The average molecular weight is 327 g/mol. The lowest BCUT2D eigenvalue weighted by Gasteiger charge is -2.30. The smallest absolute Gasteiger partial charge is 0.109 e. The zero-order chi connectivity index (χ0) is 17.3. The van der Waals surface area contributed by atoms with Crippen molar-refractivity contribution in [3.05, 3.63) is 35.8 Å². The van der Waals surface area contributed by atoms with Crippen LogP contribution < -0.4 is 4.90 Å². The third kappa shape index (κ3) is 3.07. The molecule has 0 radical (unpaired) electrons. The molecular formula is C20H29N3O. The minimum atomic E-state index is -0.159. The van der Waals surface area contributed by atoms with E-state index in [0.717, 1.165) is 43.9 Å². The average Bonchev–Trinajstić information content (AvgIpc) is 2.90. The summed E-state index contributed by atoms with van der Waals surface area (Å²) in [5.74, 6) is 1.16. The summed E-state index contributed by atoms with van der Waals surface area (Å²) in [5.41, 5.74) is 4.76. The maximum Gasteiger partial charge on any atom is 0.109 e. The first-order chi connectivity index (χ1) is 11.5. The number of anilines is 1. The molecule has 3 rings (SSSR count). The van der Waals surface area contributed by atoms with Gasteiger partial charge >= 0.3 is 0 Å². The number of aryl methyl sites for hydroxylation is 1. The van der Waals surface area contributed by atoms with E-state index >= 15 is 0 Å². The van der Waals surface area contributed by atoms with Crippen LogP contribution in [-0.4, -0.2) is 28.3 Å². The zero-order valence-corrected chi connectivity index (χ0v) is 15.3. The fourth-order valence-electron chi connectivity index (χ4n) is 3.46. The van der Waals surface area contributed by atoms with Crippen molar-refractivity contribution in [2.75, 3.05) is 18.6 Å². The van der Waals surface area contributed by atoms with Crippen molar-refractivity contribution < 1.29 is 5.11 Å². The molecule has 0 unspecified atom stereocenters. The second-order valence-electron chi connectivity index (χ2n) is 7.71. The molecule has 0 saturated carbocycles. The summed E-state index contributed by atoms with van der Waals surface area (Å²) in [4.78, 5) is 7.27. The number of rotatable bonds is 6. The topological polar surface area (TPSA) is 41.3 Å². The highest BCUT2D eigenvalue weighted by atomic mass is 16.3. The van der Waals surface area contributed by atoms with Gasteiger partial charge in [0.2, 0.25) is 0 Å². The van der Waals surface area contributed by atoms with E-state index in [1.54, 1.807) is 0 Å². The molecule has 4 nitrogen and oxygen atoms in total. The number of imidazole rings is 1. The second-order valence-corrected chi connectivity index (χ2v) is 7.71. The Bertz CT molecular complexity index is 718. The van der Waals surface area contributed by atoms with Crippen molar-refractivity contribution in [1.29, 1.82) is 0 Å². The fourth-order valence-corrected chi connectivity index (χ4v) is 3.46. The first-order valence-electron chi connectivity index (χ1n) is 8.96. The molecule has 1 aromatic carbocycles. The van der Waals surface area contributed by atoms with Crippen LogP contribution in [0.5, 0.6) is 0 Å². The normalized spacial score (nSPS) is 13.8. The number of unbranched alkanes of at least 4 members (excludes halogenated alkanes) is 1. The molecule has 1 aliphatic heterocycles. The van der Waals surface area contributed by atoms with Gasteiger partial charge in [-0.05, 0) is 12.5 Å². The summed E-state index contributed by atoms with van der Waals surface area (Å²) >= 11 is 0. The molecule has 1 N–H and O–H groups in total. The Labute approximate surface area is 145 Å². The predicted octanol–water partition coefficient (Wildman–Crippen LogP) is 3.86. The molecule has 0 atom stereocenters. The first-order valence-corrected chi connectivity index (χ1v) is 8.96. The third-order valence-electron chi connectivity index (χ3n) is 4.84. The van der Waals surface area contributed by atoms with Crippen LogP contribution in [0.25, 0.3) is 11.3 Å². The number of aliphatic hydroxyl groups excluding tert-OH is 1. The molecule has 24 heavy (non-hydrogen) atoms. The molecule has 2 aromatic rings. The van der Waals surface area contributed by atoms with Gasteiger partial charge in [-0.3, -0.25) is 0 Å². The van der Waals surface area contributed by atoms with E-state index in [-0.39, 0.29) is 12.0 Å². The van der Waals surface area contributed by atoms with Crippen LogP contribution in [0.3, 0.4) is 0 Å². The molecular weight excluding hydrogens is 298 g/mol. The Hall–Kier alpha value is -1.81. The van der Waals surface area contributed by atoms with Gasteiger partial charge in [0, 0.05) is 43.3 Å². The third-order valence-corrected chi connectivity index (χ3v) is 4.84. The van der Waals surface area contributed by atoms with Gasteiger partial charge in [-0.1, -0.05) is 45.4 Å². The number of nitrogens with zero attached hydrogens (tertiary/aromatic N) is 3. The minimum absolute atomic E-state index is 0.159.